The molecule has 0 fully saturated rings. The fraction of sp³-hybridized carbons (Fsp3) is 0.130. The molecule has 0 saturated carbocycles. The van der Waals surface area contributed by atoms with Crippen molar-refractivity contribution in [3.63, 3.8) is 0 Å². The minimum absolute atomic E-state index is 0.0717. The molecule has 0 radical (unpaired) electrons. The van der Waals surface area contributed by atoms with E-state index in [-0.39, 0.29) is 12.5 Å². The van der Waals surface area contributed by atoms with Gasteiger partial charge in [0.2, 0.25) is 5.89 Å². The number of oxazole rings is 1. The number of aryl methyl sites for hydroxylation is 1. The quantitative estimate of drug-likeness (QED) is 0.512. The predicted molar refractivity (Wildman–Crippen MR) is 111 cm³/mol. The van der Waals surface area contributed by atoms with Crippen LogP contribution in [0.4, 0.5) is 5.69 Å². The number of nitrogens with zero attached hydrogens (tertiary/aromatic N) is 1. The molecule has 6 heteroatoms. The number of ether oxygens (including phenoxy) is 2. The smallest absolute Gasteiger partial charge is 0.262 e. The van der Waals surface area contributed by atoms with E-state index in [4.69, 9.17) is 13.9 Å². The standard InChI is InChI=1S/C23H20N2O4/c1-15-6-3-4-9-20(15)28-14-22(26)24-17-8-5-7-16(12-17)23-25-19-13-18(27-2)10-11-21(19)29-23/h3-13H,14H2,1-2H3,(H,24,26). The van der Waals surface area contributed by atoms with Crippen LogP contribution in [-0.2, 0) is 4.79 Å². The second-order valence-corrected chi connectivity index (χ2v) is 6.54. The Kier molecular flexibility index (Phi) is 5.16. The molecule has 4 aromatic rings. The highest BCUT2D eigenvalue weighted by Crippen LogP contribution is 2.28. The largest absolute Gasteiger partial charge is 0.497 e. The van der Waals surface area contributed by atoms with Gasteiger partial charge in [-0.1, -0.05) is 24.3 Å². The van der Waals surface area contributed by atoms with Crippen LogP contribution in [0.25, 0.3) is 22.6 Å². The van der Waals surface area contributed by atoms with E-state index < -0.39 is 0 Å². The van der Waals surface area contributed by atoms with E-state index >= 15 is 0 Å². The predicted octanol–water partition coefficient (Wildman–Crippen LogP) is 4.83. The van der Waals surface area contributed by atoms with Gasteiger partial charge < -0.3 is 19.2 Å². The Morgan fingerprint density at radius 2 is 1.93 bits per heavy atom. The normalized spacial score (nSPS) is 10.7. The third-order valence-electron chi connectivity index (χ3n) is 4.44. The summed E-state index contributed by atoms with van der Waals surface area (Å²) in [5, 5.41) is 2.84. The van der Waals surface area contributed by atoms with Gasteiger partial charge in [-0.2, -0.15) is 0 Å². The monoisotopic (exact) mass is 388 g/mol. The van der Waals surface area contributed by atoms with Crippen molar-refractivity contribution in [2.45, 2.75) is 6.92 Å². The van der Waals surface area contributed by atoms with Gasteiger partial charge in [0.15, 0.2) is 12.2 Å². The van der Waals surface area contributed by atoms with Crippen molar-refractivity contribution < 1.29 is 18.7 Å². The molecule has 4 rings (SSSR count). The first-order valence-electron chi connectivity index (χ1n) is 9.16. The van der Waals surface area contributed by atoms with Crippen LogP contribution in [0.15, 0.2) is 71.1 Å². The fourth-order valence-corrected chi connectivity index (χ4v) is 2.95. The lowest BCUT2D eigenvalue weighted by Crippen LogP contribution is -2.20. The minimum Gasteiger partial charge on any atom is -0.497 e. The first-order valence-corrected chi connectivity index (χ1v) is 9.16. The maximum Gasteiger partial charge on any atom is 0.262 e. The molecule has 3 aromatic carbocycles. The van der Waals surface area contributed by atoms with Gasteiger partial charge in [0.1, 0.15) is 17.0 Å². The van der Waals surface area contributed by atoms with Crippen LogP contribution in [0.2, 0.25) is 0 Å². The highest BCUT2D eigenvalue weighted by atomic mass is 16.5. The molecule has 1 amide bonds. The Morgan fingerprint density at radius 1 is 1.07 bits per heavy atom. The van der Waals surface area contributed by atoms with Crippen molar-refractivity contribution >= 4 is 22.7 Å². The zero-order valence-electron chi connectivity index (χ0n) is 16.1. The number of hydrogen-bond acceptors (Lipinski definition) is 5. The van der Waals surface area contributed by atoms with E-state index in [0.717, 1.165) is 11.1 Å². The maximum absolute atomic E-state index is 12.3. The van der Waals surface area contributed by atoms with E-state index in [2.05, 4.69) is 10.3 Å². The molecule has 0 aliphatic carbocycles. The lowest BCUT2D eigenvalue weighted by atomic mass is 10.2. The average Bonchev–Trinajstić information content (AvgIpc) is 3.17. The second kappa shape index (κ2) is 8.06. The van der Waals surface area contributed by atoms with Gasteiger partial charge in [0.05, 0.1) is 7.11 Å². The summed E-state index contributed by atoms with van der Waals surface area (Å²) >= 11 is 0. The topological polar surface area (TPSA) is 73.6 Å². The second-order valence-electron chi connectivity index (χ2n) is 6.54. The number of amides is 1. The van der Waals surface area contributed by atoms with Crippen molar-refractivity contribution in [1.29, 1.82) is 0 Å². The van der Waals surface area contributed by atoms with Crippen molar-refractivity contribution in [1.82, 2.24) is 4.98 Å². The molecule has 0 aliphatic rings. The van der Waals surface area contributed by atoms with Gasteiger partial charge in [-0.3, -0.25) is 4.79 Å². The molecule has 0 unspecified atom stereocenters. The number of methoxy groups -OCH3 is 1. The lowest BCUT2D eigenvalue weighted by molar-refractivity contribution is -0.118. The number of carbonyl (C=O) groups excluding carboxylic acids is 1. The molecule has 0 atom stereocenters. The SMILES string of the molecule is COc1ccc2oc(-c3cccc(NC(=O)COc4ccccc4C)c3)nc2c1. The molecular formula is C23H20N2O4. The molecule has 0 saturated heterocycles. The number of benzene rings is 3. The van der Waals surface area contributed by atoms with Crippen molar-refractivity contribution in [3.05, 3.63) is 72.3 Å². The summed E-state index contributed by atoms with van der Waals surface area (Å²) in [5.41, 5.74) is 3.76. The molecule has 0 aliphatic heterocycles. The fourth-order valence-electron chi connectivity index (χ4n) is 2.95. The van der Waals surface area contributed by atoms with Crippen molar-refractivity contribution in [2.75, 3.05) is 19.0 Å². The van der Waals surface area contributed by atoms with E-state index in [9.17, 15) is 4.79 Å². The molecule has 0 spiro atoms. The number of aromatic nitrogens is 1. The number of para-hydroxylation sites is 1. The van der Waals surface area contributed by atoms with E-state index in [1.54, 1.807) is 13.2 Å². The number of hydrogen-bond donors (Lipinski definition) is 1. The summed E-state index contributed by atoms with van der Waals surface area (Å²) < 4.78 is 16.6. The van der Waals surface area contributed by atoms with Crippen molar-refractivity contribution in [3.8, 4) is 23.0 Å². The third kappa shape index (κ3) is 4.21. The number of fused-ring (bicyclic) bond motifs is 1. The van der Waals surface area contributed by atoms with Gasteiger partial charge in [-0.25, -0.2) is 4.98 Å². The molecule has 29 heavy (non-hydrogen) atoms. The lowest BCUT2D eigenvalue weighted by Gasteiger charge is -2.09. The van der Waals surface area contributed by atoms with Gasteiger partial charge in [0, 0.05) is 17.3 Å². The Hall–Kier alpha value is -3.80. The summed E-state index contributed by atoms with van der Waals surface area (Å²) in [7, 11) is 1.61. The Morgan fingerprint density at radius 3 is 2.76 bits per heavy atom. The molecule has 1 aromatic heterocycles. The zero-order chi connectivity index (χ0) is 20.2. The minimum atomic E-state index is -0.243. The summed E-state index contributed by atoms with van der Waals surface area (Å²) in [6, 6.07) is 20.4. The number of nitrogens with one attached hydrogen (secondary N) is 1. The van der Waals surface area contributed by atoms with Crippen LogP contribution < -0.4 is 14.8 Å². The highest BCUT2D eigenvalue weighted by Gasteiger charge is 2.11. The Bertz CT molecular complexity index is 1170. The average molecular weight is 388 g/mol. The van der Waals surface area contributed by atoms with Crippen LogP contribution in [0.1, 0.15) is 5.56 Å². The van der Waals surface area contributed by atoms with Crippen LogP contribution in [-0.4, -0.2) is 24.6 Å². The molecule has 1 N–H and O–H groups in total. The summed E-state index contributed by atoms with van der Waals surface area (Å²) in [4.78, 5) is 16.8. The molecule has 146 valence electrons. The summed E-state index contributed by atoms with van der Waals surface area (Å²) in [6.45, 7) is 1.87. The van der Waals surface area contributed by atoms with E-state index in [1.807, 2.05) is 67.6 Å². The van der Waals surface area contributed by atoms with Crippen LogP contribution in [0.3, 0.4) is 0 Å². The number of carbonyl (C=O) groups is 1. The van der Waals surface area contributed by atoms with Gasteiger partial charge >= 0.3 is 0 Å². The Balaban J connectivity index is 1.47. The van der Waals surface area contributed by atoms with Gasteiger partial charge in [-0.15, -0.1) is 0 Å². The molecule has 6 nitrogen and oxygen atoms in total. The zero-order valence-corrected chi connectivity index (χ0v) is 16.1. The molecule has 0 bridgehead atoms. The van der Waals surface area contributed by atoms with Gasteiger partial charge in [0.25, 0.3) is 5.91 Å². The van der Waals surface area contributed by atoms with Crippen LogP contribution in [0, 0.1) is 6.92 Å². The van der Waals surface area contributed by atoms with Crippen molar-refractivity contribution in [2.24, 2.45) is 0 Å². The first-order chi connectivity index (χ1) is 14.1. The number of rotatable bonds is 6. The first kappa shape index (κ1) is 18.6. The summed E-state index contributed by atoms with van der Waals surface area (Å²) in [6.07, 6.45) is 0. The van der Waals surface area contributed by atoms with Crippen LogP contribution >= 0.6 is 0 Å². The highest BCUT2D eigenvalue weighted by molar-refractivity contribution is 5.92. The summed E-state index contributed by atoms with van der Waals surface area (Å²) in [5.74, 6) is 1.64. The van der Waals surface area contributed by atoms with E-state index in [0.29, 0.717) is 34.2 Å². The number of anilines is 1. The van der Waals surface area contributed by atoms with Crippen LogP contribution in [0.5, 0.6) is 11.5 Å². The Labute approximate surface area is 168 Å². The van der Waals surface area contributed by atoms with E-state index in [1.165, 1.54) is 0 Å². The van der Waals surface area contributed by atoms with Gasteiger partial charge in [-0.05, 0) is 48.9 Å². The molecular weight excluding hydrogens is 368 g/mol. The maximum atomic E-state index is 12.3. The third-order valence-corrected chi connectivity index (χ3v) is 4.44. The molecule has 1 heterocycles.